The van der Waals surface area contributed by atoms with E-state index < -0.39 is 21.7 Å². The van der Waals surface area contributed by atoms with Gasteiger partial charge in [-0.05, 0) is 54.6 Å². The van der Waals surface area contributed by atoms with Crippen LogP contribution in [0.15, 0.2) is 71.3 Å². The summed E-state index contributed by atoms with van der Waals surface area (Å²) in [5.74, 6) is -1.21. The molecule has 1 heterocycles. The molecule has 0 atom stereocenters. The first-order chi connectivity index (χ1) is 14.2. The van der Waals surface area contributed by atoms with Crippen LogP contribution in [0.3, 0.4) is 0 Å². The number of fused-ring (bicyclic) bond motifs is 1. The highest BCUT2D eigenvalue weighted by atomic mass is 35.5. The highest BCUT2D eigenvalue weighted by Crippen LogP contribution is 2.36. The molecule has 0 saturated heterocycles. The van der Waals surface area contributed by atoms with Gasteiger partial charge in [-0.2, -0.15) is 8.42 Å². The Balaban J connectivity index is 1.62. The summed E-state index contributed by atoms with van der Waals surface area (Å²) in [6.45, 7) is 0. The highest BCUT2D eigenvalue weighted by Gasteiger charge is 2.29. The smallest absolute Gasteiger partial charge is 0.339 e. The number of carbonyl (C=O) groups excluding carboxylic acids is 1. The summed E-state index contributed by atoms with van der Waals surface area (Å²) in [5.41, 5.74) is 0.196. The predicted molar refractivity (Wildman–Crippen MR) is 110 cm³/mol. The van der Waals surface area contributed by atoms with Gasteiger partial charge in [0.1, 0.15) is 22.2 Å². The average molecular weight is 465 g/mol. The number of hydrogen-bond donors (Lipinski definition) is 0. The molecule has 3 aromatic carbocycles. The molecule has 5 nitrogen and oxygen atoms in total. The second kappa shape index (κ2) is 7.75. The molecule has 1 aliphatic heterocycles. The van der Waals surface area contributed by atoms with Crippen LogP contribution in [0, 0.1) is 5.82 Å². The third-order valence-corrected chi connectivity index (χ3v) is 6.07. The first-order valence-electron chi connectivity index (χ1n) is 8.47. The van der Waals surface area contributed by atoms with Crippen LogP contribution in [0.4, 0.5) is 4.39 Å². The van der Waals surface area contributed by atoms with E-state index in [4.69, 9.17) is 32.1 Å². The monoisotopic (exact) mass is 464 g/mol. The minimum Gasteiger partial charge on any atom is -0.452 e. The quantitative estimate of drug-likeness (QED) is 0.375. The summed E-state index contributed by atoms with van der Waals surface area (Å²) in [6, 6.07) is 13.6. The van der Waals surface area contributed by atoms with Gasteiger partial charge >= 0.3 is 10.1 Å². The van der Waals surface area contributed by atoms with Gasteiger partial charge in [-0.25, -0.2) is 4.39 Å². The van der Waals surface area contributed by atoms with Gasteiger partial charge in [0.2, 0.25) is 5.78 Å². The van der Waals surface area contributed by atoms with E-state index in [1.807, 2.05) is 0 Å². The van der Waals surface area contributed by atoms with Crippen LogP contribution in [-0.2, 0) is 10.1 Å². The minimum absolute atomic E-state index is 0.0112. The molecule has 4 rings (SSSR count). The summed E-state index contributed by atoms with van der Waals surface area (Å²) in [4.78, 5) is 12.5. The molecule has 0 unspecified atom stereocenters. The molecule has 0 spiro atoms. The van der Waals surface area contributed by atoms with Crippen LogP contribution < -0.4 is 8.92 Å². The van der Waals surface area contributed by atoms with E-state index >= 15 is 0 Å². The molecule has 0 aromatic heterocycles. The first kappa shape index (κ1) is 20.4. The number of hydrogen-bond acceptors (Lipinski definition) is 5. The standard InChI is InChI=1S/C21H11Cl2FO5S/c22-12-4-7-14(8-5-12)30(26,27)29-13-6-9-15-19(10-13)28-20(21(15)25)11-16-17(23)2-1-3-18(16)24/h1-11H. The van der Waals surface area contributed by atoms with Gasteiger partial charge in [-0.1, -0.05) is 29.3 Å². The molecule has 0 fully saturated rings. The lowest BCUT2D eigenvalue weighted by atomic mass is 10.1. The second-order valence-corrected chi connectivity index (χ2v) is 8.61. The second-order valence-electron chi connectivity index (χ2n) is 6.22. The van der Waals surface area contributed by atoms with Crippen LogP contribution in [0.25, 0.3) is 6.08 Å². The van der Waals surface area contributed by atoms with Crippen molar-refractivity contribution in [1.29, 1.82) is 0 Å². The Morgan fingerprint density at radius 3 is 2.43 bits per heavy atom. The SMILES string of the molecule is O=C1C(=Cc2c(F)cccc2Cl)Oc2cc(OS(=O)(=O)c3ccc(Cl)cc3)ccc21. The van der Waals surface area contributed by atoms with E-state index in [9.17, 15) is 17.6 Å². The third-order valence-electron chi connectivity index (χ3n) is 4.22. The van der Waals surface area contributed by atoms with Crippen molar-refractivity contribution in [3.05, 3.63) is 93.4 Å². The molecular formula is C21H11Cl2FO5S. The largest absolute Gasteiger partial charge is 0.452 e. The van der Waals surface area contributed by atoms with Crippen molar-refractivity contribution in [1.82, 2.24) is 0 Å². The van der Waals surface area contributed by atoms with E-state index in [2.05, 4.69) is 0 Å². The molecule has 3 aromatic rings. The van der Waals surface area contributed by atoms with Crippen molar-refractivity contribution < 1.29 is 26.5 Å². The number of rotatable bonds is 4. The van der Waals surface area contributed by atoms with Gasteiger partial charge in [-0.3, -0.25) is 4.79 Å². The minimum atomic E-state index is -4.12. The number of halogens is 3. The van der Waals surface area contributed by atoms with Gasteiger partial charge in [-0.15, -0.1) is 0 Å². The number of carbonyl (C=O) groups is 1. The molecule has 30 heavy (non-hydrogen) atoms. The highest BCUT2D eigenvalue weighted by molar-refractivity contribution is 7.87. The van der Waals surface area contributed by atoms with Crippen LogP contribution in [-0.4, -0.2) is 14.2 Å². The Bertz CT molecular complexity index is 1280. The molecule has 152 valence electrons. The van der Waals surface area contributed by atoms with Crippen molar-refractivity contribution in [2.75, 3.05) is 0 Å². The Morgan fingerprint density at radius 1 is 1.00 bits per heavy atom. The molecule has 0 aliphatic carbocycles. The van der Waals surface area contributed by atoms with E-state index in [0.29, 0.717) is 5.02 Å². The van der Waals surface area contributed by atoms with Crippen molar-refractivity contribution in [2.45, 2.75) is 4.90 Å². The maximum absolute atomic E-state index is 14.0. The zero-order valence-corrected chi connectivity index (χ0v) is 17.3. The molecule has 0 amide bonds. The Hall–Kier alpha value is -2.87. The molecule has 9 heteroatoms. The molecule has 0 radical (unpaired) electrons. The maximum atomic E-state index is 14.0. The lowest BCUT2D eigenvalue weighted by molar-refractivity contribution is 0.101. The number of allylic oxidation sites excluding steroid dienone is 1. The fourth-order valence-electron chi connectivity index (χ4n) is 2.77. The van der Waals surface area contributed by atoms with Crippen LogP contribution >= 0.6 is 23.2 Å². The Kier molecular flexibility index (Phi) is 5.27. The van der Waals surface area contributed by atoms with Gasteiger partial charge in [0.25, 0.3) is 0 Å². The number of ether oxygens (including phenoxy) is 1. The number of ketones is 1. The van der Waals surface area contributed by atoms with Crippen molar-refractivity contribution in [3.63, 3.8) is 0 Å². The molecule has 0 N–H and O–H groups in total. The van der Waals surface area contributed by atoms with Crippen LogP contribution in [0.1, 0.15) is 15.9 Å². The Labute approximate surface area is 181 Å². The number of Topliss-reactive ketones (excluding diaryl/α,β-unsaturated/α-hetero) is 1. The fourth-order valence-corrected chi connectivity index (χ4v) is 4.04. The summed E-state index contributed by atoms with van der Waals surface area (Å²) in [6.07, 6.45) is 1.20. The van der Waals surface area contributed by atoms with E-state index in [1.165, 1.54) is 66.7 Å². The molecule has 0 saturated carbocycles. The fraction of sp³-hybridized carbons (Fsp3) is 0. The van der Waals surface area contributed by atoms with Gasteiger partial charge < -0.3 is 8.92 Å². The Morgan fingerprint density at radius 2 is 1.73 bits per heavy atom. The number of benzene rings is 3. The van der Waals surface area contributed by atoms with E-state index in [1.54, 1.807) is 0 Å². The molecule has 0 bridgehead atoms. The van der Waals surface area contributed by atoms with E-state index in [0.717, 1.165) is 0 Å². The third kappa shape index (κ3) is 3.92. The summed E-state index contributed by atoms with van der Waals surface area (Å²) in [7, 11) is -4.12. The predicted octanol–water partition coefficient (Wildman–Crippen LogP) is 5.52. The first-order valence-corrected chi connectivity index (χ1v) is 10.6. The topological polar surface area (TPSA) is 69.7 Å². The van der Waals surface area contributed by atoms with E-state index in [-0.39, 0.29) is 38.3 Å². The van der Waals surface area contributed by atoms with Gasteiger partial charge in [0.15, 0.2) is 5.76 Å². The van der Waals surface area contributed by atoms with Crippen molar-refractivity contribution >= 4 is 45.2 Å². The molecular weight excluding hydrogens is 454 g/mol. The lowest BCUT2D eigenvalue weighted by Gasteiger charge is -2.08. The molecule has 1 aliphatic rings. The van der Waals surface area contributed by atoms with Crippen molar-refractivity contribution in [2.24, 2.45) is 0 Å². The lowest BCUT2D eigenvalue weighted by Crippen LogP contribution is -2.09. The van der Waals surface area contributed by atoms with Gasteiger partial charge in [0.05, 0.1) is 10.6 Å². The van der Waals surface area contributed by atoms with Crippen LogP contribution in [0.2, 0.25) is 10.0 Å². The zero-order valence-electron chi connectivity index (χ0n) is 14.9. The summed E-state index contributed by atoms with van der Waals surface area (Å²) in [5, 5.41) is 0.501. The summed E-state index contributed by atoms with van der Waals surface area (Å²) < 4.78 is 49.5. The van der Waals surface area contributed by atoms with Crippen molar-refractivity contribution in [3.8, 4) is 11.5 Å². The maximum Gasteiger partial charge on any atom is 0.339 e. The zero-order chi connectivity index (χ0) is 21.5. The summed E-state index contributed by atoms with van der Waals surface area (Å²) >= 11 is 11.8. The normalized spacial score (nSPS) is 14.5. The van der Waals surface area contributed by atoms with Gasteiger partial charge in [0, 0.05) is 16.7 Å². The van der Waals surface area contributed by atoms with Crippen LogP contribution in [0.5, 0.6) is 11.5 Å². The average Bonchev–Trinajstić information content (AvgIpc) is 3.00.